The number of unbranched alkanes of at least 4 members (excludes halogenated alkanes) is 6. The summed E-state index contributed by atoms with van der Waals surface area (Å²) in [4.78, 5) is 25.8. The van der Waals surface area contributed by atoms with Crippen LogP contribution in [0.1, 0.15) is 85.9 Å². The largest absolute Gasteiger partial charge is 0.486 e. The standard InChI is InChI=1S/C22H31NO4/c1-3-5-7-9-13-26-21-19(24)17-12-11-16(23)15-18(17)20(25)22(21)27-14-10-8-6-4-2/h11-12,15H,3-10,13-14,23H2,1-2H3. The average Bonchev–Trinajstić information content (AvgIpc) is 2.66. The first-order valence-corrected chi connectivity index (χ1v) is 10.1. The third kappa shape index (κ3) is 5.59. The first-order chi connectivity index (χ1) is 13.1. The summed E-state index contributed by atoms with van der Waals surface area (Å²) in [6.45, 7) is 5.08. The van der Waals surface area contributed by atoms with Crippen LogP contribution in [0.4, 0.5) is 5.69 Å². The van der Waals surface area contributed by atoms with Crippen LogP contribution < -0.4 is 5.73 Å². The molecule has 0 heterocycles. The van der Waals surface area contributed by atoms with Gasteiger partial charge in [0.2, 0.25) is 23.1 Å². The second kappa shape index (κ2) is 10.8. The van der Waals surface area contributed by atoms with Gasteiger partial charge in [0.05, 0.1) is 13.2 Å². The van der Waals surface area contributed by atoms with E-state index in [0.29, 0.717) is 30.0 Å². The Hall–Kier alpha value is -2.30. The second-order valence-electron chi connectivity index (χ2n) is 6.94. The van der Waals surface area contributed by atoms with Crippen LogP contribution in [0, 0.1) is 0 Å². The van der Waals surface area contributed by atoms with Crippen LogP contribution in [0.25, 0.3) is 0 Å². The molecular weight excluding hydrogens is 342 g/mol. The van der Waals surface area contributed by atoms with E-state index in [1.807, 2.05) is 0 Å². The van der Waals surface area contributed by atoms with Crippen LogP contribution in [-0.4, -0.2) is 24.8 Å². The molecule has 1 aliphatic carbocycles. The van der Waals surface area contributed by atoms with E-state index in [0.717, 1.165) is 51.4 Å². The minimum Gasteiger partial charge on any atom is -0.486 e. The lowest BCUT2D eigenvalue weighted by molar-refractivity contribution is 0.0744. The number of carbonyl (C=O) groups excluding carboxylic acids is 2. The molecule has 0 saturated carbocycles. The molecule has 0 radical (unpaired) electrons. The molecule has 148 valence electrons. The molecule has 0 aromatic heterocycles. The van der Waals surface area contributed by atoms with Gasteiger partial charge in [-0.3, -0.25) is 9.59 Å². The Morgan fingerprint density at radius 1 is 0.741 bits per heavy atom. The smallest absolute Gasteiger partial charge is 0.232 e. The maximum Gasteiger partial charge on any atom is 0.232 e. The van der Waals surface area contributed by atoms with Crippen LogP contribution in [0.15, 0.2) is 29.7 Å². The number of ether oxygens (including phenoxy) is 2. The summed E-state index contributed by atoms with van der Waals surface area (Å²) < 4.78 is 11.5. The molecule has 0 atom stereocenters. The number of nitrogens with two attached hydrogens (primary N) is 1. The molecule has 1 aromatic carbocycles. The van der Waals surface area contributed by atoms with E-state index in [4.69, 9.17) is 15.2 Å². The predicted molar refractivity (Wildman–Crippen MR) is 107 cm³/mol. The van der Waals surface area contributed by atoms with E-state index in [1.165, 1.54) is 6.07 Å². The number of anilines is 1. The van der Waals surface area contributed by atoms with Crippen molar-refractivity contribution in [1.82, 2.24) is 0 Å². The van der Waals surface area contributed by atoms with Crippen molar-refractivity contribution >= 4 is 17.3 Å². The number of fused-ring (bicyclic) bond motifs is 1. The van der Waals surface area contributed by atoms with Gasteiger partial charge in [-0.1, -0.05) is 52.4 Å². The first kappa shape index (κ1) is 21.0. The Kier molecular flexibility index (Phi) is 8.37. The van der Waals surface area contributed by atoms with E-state index in [2.05, 4.69) is 13.8 Å². The minimum absolute atomic E-state index is 0.0325. The molecule has 0 fully saturated rings. The molecule has 0 bridgehead atoms. The molecule has 0 amide bonds. The third-order valence-corrected chi connectivity index (χ3v) is 4.64. The SMILES string of the molecule is CCCCCCOC1=C(OCCCCCC)C(=O)c2cc(N)ccc2C1=O. The highest BCUT2D eigenvalue weighted by Gasteiger charge is 2.35. The maximum absolute atomic E-state index is 12.9. The van der Waals surface area contributed by atoms with Crippen molar-refractivity contribution in [2.45, 2.75) is 65.2 Å². The van der Waals surface area contributed by atoms with Gasteiger partial charge in [0.1, 0.15) is 0 Å². The molecule has 0 aliphatic heterocycles. The number of allylic oxidation sites excluding steroid dienone is 2. The number of hydrogen-bond acceptors (Lipinski definition) is 5. The van der Waals surface area contributed by atoms with Gasteiger partial charge in [-0.05, 0) is 31.0 Å². The lowest BCUT2D eigenvalue weighted by atomic mass is 9.91. The molecule has 0 unspecified atom stereocenters. The van der Waals surface area contributed by atoms with Crippen molar-refractivity contribution in [3.05, 3.63) is 40.8 Å². The Labute approximate surface area is 161 Å². The van der Waals surface area contributed by atoms with Crippen LogP contribution in [0.2, 0.25) is 0 Å². The lowest BCUT2D eigenvalue weighted by Gasteiger charge is -2.21. The van der Waals surface area contributed by atoms with Crippen LogP contribution >= 0.6 is 0 Å². The topological polar surface area (TPSA) is 78.6 Å². The number of nitrogen functional groups attached to an aromatic ring is 1. The van der Waals surface area contributed by atoms with E-state index in [9.17, 15) is 9.59 Å². The molecule has 0 spiro atoms. The molecule has 5 heteroatoms. The van der Waals surface area contributed by atoms with Gasteiger partial charge >= 0.3 is 0 Å². The van der Waals surface area contributed by atoms with Gasteiger partial charge in [-0.2, -0.15) is 0 Å². The second-order valence-corrected chi connectivity index (χ2v) is 6.94. The summed E-state index contributed by atoms with van der Waals surface area (Å²) in [5.74, 6) is -0.547. The number of carbonyl (C=O) groups is 2. The van der Waals surface area contributed by atoms with Crippen LogP contribution in [0.3, 0.4) is 0 Å². The highest BCUT2D eigenvalue weighted by molar-refractivity contribution is 6.25. The monoisotopic (exact) mass is 373 g/mol. The minimum atomic E-state index is -0.323. The number of ketones is 2. The number of rotatable bonds is 12. The Bertz CT molecular complexity index is 694. The van der Waals surface area contributed by atoms with Gasteiger partial charge < -0.3 is 15.2 Å². The molecular formula is C22H31NO4. The summed E-state index contributed by atoms with van der Waals surface area (Å²) in [5.41, 5.74) is 6.87. The molecule has 0 saturated heterocycles. The zero-order valence-corrected chi connectivity index (χ0v) is 16.5. The molecule has 1 aromatic rings. The van der Waals surface area contributed by atoms with Crippen molar-refractivity contribution in [2.24, 2.45) is 0 Å². The van der Waals surface area contributed by atoms with E-state index in [-0.39, 0.29) is 23.1 Å². The van der Waals surface area contributed by atoms with E-state index >= 15 is 0 Å². The fourth-order valence-corrected chi connectivity index (χ4v) is 3.07. The summed E-state index contributed by atoms with van der Waals surface area (Å²) in [6.07, 6.45) is 8.24. The Morgan fingerprint density at radius 2 is 1.26 bits per heavy atom. The van der Waals surface area contributed by atoms with Crippen LogP contribution in [0.5, 0.6) is 0 Å². The highest BCUT2D eigenvalue weighted by Crippen LogP contribution is 2.29. The molecule has 2 N–H and O–H groups in total. The fraction of sp³-hybridized carbons (Fsp3) is 0.545. The summed E-state index contributed by atoms with van der Waals surface area (Å²) in [6, 6.07) is 4.75. The van der Waals surface area contributed by atoms with E-state index in [1.54, 1.807) is 12.1 Å². The van der Waals surface area contributed by atoms with Gasteiger partial charge in [-0.25, -0.2) is 0 Å². The highest BCUT2D eigenvalue weighted by atomic mass is 16.5. The Morgan fingerprint density at radius 3 is 1.78 bits per heavy atom. The summed E-state index contributed by atoms with van der Waals surface area (Å²) >= 11 is 0. The van der Waals surface area contributed by atoms with Crippen molar-refractivity contribution in [3.8, 4) is 0 Å². The van der Waals surface area contributed by atoms with Gasteiger partial charge in [-0.15, -0.1) is 0 Å². The lowest BCUT2D eigenvalue weighted by Crippen LogP contribution is -2.26. The normalized spacial score (nSPS) is 13.7. The fourth-order valence-electron chi connectivity index (χ4n) is 3.07. The average molecular weight is 373 g/mol. The van der Waals surface area contributed by atoms with Gasteiger partial charge in [0.15, 0.2) is 0 Å². The number of hydrogen-bond donors (Lipinski definition) is 1. The molecule has 1 aliphatic rings. The molecule has 2 rings (SSSR count). The van der Waals surface area contributed by atoms with Crippen molar-refractivity contribution < 1.29 is 19.1 Å². The predicted octanol–water partition coefficient (Wildman–Crippen LogP) is 5.05. The number of Topliss-reactive ketones (excluding diaryl/α,β-unsaturated/α-hetero) is 2. The van der Waals surface area contributed by atoms with Gasteiger partial charge in [0.25, 0.3) is 0 Å². The van der Waals surface area contributed by atoms with Crippen molar-refractivity contribution in [1.29, 1.82) is 0 Å². The zero-order valence-electron chi connectivity index (χ0n) is 16.5. The first-order valence-electron chi connectivity index (χ1n) is 10.1. The van der Waals surface area contributed by atoms with Gasteiger partial charge in [0, 0.05) is 16.8 Å². The molecule has 27 heavy (non-hydrogen) atoms. The summed E-state index contributed by atoms with van der Waals surface area (Å²) in [5, 5.41) is 0. The maximum atomic E-state index is 12.9. The van der Waals surface area contributed by atoms with Crippen molar-refractivity contribution in [2.75, 3.05) is 18.9 Å². The van der Waals surface area contributed by atoms with Crippen molar-refractivity contribution in [3.63, 3.8) is 0 Å². The Balaban J connectivity index is 2.16. The zero-order chi connectivity index (χ0) is 19.6. The van der Waals surface area contributed by atoms with Crippen LogP contribution in [-0.2, 0) is 9.47 Å². The third-order valence-electron chi connectivity index (χ3n) is 4.64. The number of benzene rings is 1. The quantitative estimate of drug-likeness (QED) is 0.409. The van der Waals surface area contributed by atoms with E-state index < -0.39 is 0 Å². The molecule has 5 nitrogen and oxygen atoms in total. The summed E-state index contributed by atoms with van der Waals surface area (Å²) in [7, 11) is 0.